The van der Waals surface area contributed by atoms with Crippen molar-refractivity contribution in [2.24, 2.45) is 0 Å². The SMILES string of the molecule is CCOCCC(OCC)(OCC)OCC. The van der Waals surface area contributed by atoms with Gasteiger partial charge in [0.2, 0.25) is 0 Å². The third kappa shape index (κ3) is 6.10. The quantitative estimate of drug-likeness (QED) is 0.417. The van der Waals surface area contributed by atoms with Gasteiger partial charge in [-0.1, -0.05) is 0 Å². The largest absolute Gasteiger partial charge is 0.381 e. The lowest BCUT2D eigenvalue weighted by Crippen LogP contribution is -2.40. The van der Waals surface area contributed by atoms with Gasteiger partial charge < -0.3 is 18.9 Å². The van der Waals surface area contributed by atoms with Crippen LogP contribution in [-0.2, 0) is 18.9 Å². The summed E-state index contributed by atoms with van der Waals surface area (Å²) in [6.07, 6.45) is 0.594. The van der Waals surface area contributed by atoms with E-state index < -0.39 is 5.97 Å². The van der Waals surface area contributed by atoms with Gasteiger partial charge in [-0.05, 0) is 27.7 Å². The minimum Gasteiger partial charge on any atom is -0.381 e. The molecule has 0 aromatic carbocycles. The van der Waals surface area contributed by atoms with Crippen LogP contribution in [0.1, 0.15) is 34.1 Å². The van der Waals surface area contributed by atoms with Crippen LogP contribution < -0.4 is 0 Å². The highest BCUT2D eigenvalue weighted by molar-refractivity contribution is 4.57. The molecule has 0 bridgehead atoms. The Labute approximate surface area is 92.8 Å². The molecule has 0 saturated carbocycles. The highest BCUT2D eigenvalue weighted by Gasteiger charge is 2.31. The van der Waals surface area contributed by atoms with Gasteiger partial charge in [-0.15, -0.1) is 0 Å². The van der Waals surface area contributed by atoms with Gasteiger partial charge in [-0.2, -0.15) is 0 Å². The highest BCUT2D eigenvalue weighted by atomic mass is 16.9. The van der Waals surface area contributed by atoms with Crippen molar-refractivity contribution in [3.63, 3.8) is 0 Å². The summed E-state index contributed by atoms with van der Waals surface area (Å²) in [5.74, 6) is -0.923. The van der Waals surface area contributed by atoms with E-state index >= 15 is 0 Å². The summed E-state index contributed by atoms with van der Waals surface area (Å²) in [5, 5.41) is 0. The van der Waals surface area contributed by atoms with Crippen LogP contribution in [0.2, 0.25) is 0 Å². The van der Waals surface area contributed by atoms with Crippen molar-refractivity contribution in [3.8, 4) is 0 Å². The molecule has 0 aromatic heterocycles. The van der Waals surface area contributed by atoms with Crippen molar-refractivity contribution >= 4 is 0 Å². The number of ether oxygens (including phenoxy) is 4. The molecule has 0 aliphatic carbocycles. The molecule has 0 spiro atoms. The maximum absolute atomic E-state index is 5.53. The van der Waals surface area contributed by atoms with Gasteiger partial charge in [0, 0.05) is 26.4 Å². The first-order valence-corrected chi connectivity index (χ1v) is 5.74. The molecule has 92 valence electrons. The normalized spacial score (nSPS) is 12.0. The van der Waals surface area contributed by atoms with Gasteiger partial charge in [-0.25, -0.2) is 0 Å². The van der Waals surface area contributed by atoms with E-state index in [2.05, 4.69) is 0 Å². The Balaban J connectivity index is 4.18. The summed E-state index contributed by atoms with van der Waals surface area (Å²) < 4.78 is 21.9. The highest BCUT2D eigenvalue weighted by Crippen LogP contribution is 2.20. The standard InChI is InChI=1S/C11H24O4/c1-5-12-10-9-11(13-6-2,14-7-3)15-8-4/h5-10H2,1-4H3. The van der Waals surface area contributed by atoms with Crippen molar-refractivity contribution in [1.29, 1.82) is 0 Å². The van der Waals surface area contributed by atoms with E-state index in [9.17, 15) is 0 Å². The number of rotatable bonds is 10. The third-order valence-corrected chi connectivity index (χ3v) is 1.85. The van der Waals surface area contributed by atoms with Gasteiger partial charge in [0.1, 0.15) is 0 Å². The first-order chi connectivity index (χ1) is 7.24. The molecule has 0 heterocycles. The van der Waals surface area contributed by atoms with E-state index in [4.69, 9.17) is 18.9 Å². The molecule has 0 amide bonds. The molecular weight excluding hydrogens is 196 g/mol. The van der Waals surface area contributed by atoms with Crippen LogP contribution in [0.5, 0.6) is 0 Å². The summed E-state index contributed by atoms with van der Waals surface area (Å²) in [6, 6.07) is 0. The van der Waals surface area contributed by atoms with Crippen LogP contribution in [0.15, 0.2) is 0 Å². The molecule has 0 aliphatic rings. The van der Waals surface area contributed by atoms with Crippen molar-refractivity contribution in [1.82, 2.24) is 0 Å². The average molecular weight is 220 g/mol. The fourth-order valence-electron chi connectivity index (χ4n) is 1.34. The smallest absolute Gasteiger partial charge is 0.285 e. The predicted molar refractivity (Wildman–Crippen MR) is 58.7 cm³/mol. The van der Waals surface area contributed by atoms with Gasteiger partial charge >= 0.3 is 0 Å². The maximum atomic E-state index is 5.53. The minimum absolute atomic E-state index is 0.562. The Hall–Kier alpha value is -0.160. The van der Waals surface area contributed by atoms with Crippen molar-refractivity contribution in [3.05, 3.63) is 0 Å². The predicted octanol–water partition coefficient (Wildman–Crippen LogP) is 2.18. The van der Waals surface area contributed by atoms with Crippen LogP contribution in [-0.4, -0.2) is 39.0 Å². The lowest BCUT2D eigenvalue weighted by Gasteiger charge is -2.32. The topological polar surface area (TPSA) is 36.9 Å². The molecule has 0 unspecified atom stereocenters. The fraction of sp³-hybridized carbons (Fsp3) is 1.00. The summed E-state index contributed by atoms with van der Waals surface area (Å²) >= 11 is 0. The first-order valence-electron chi connectivity index (χ1n) is 5.74. The molecule has 0 rings (SSSR count). The molecule has 4 nitrogen and oxygen atoms in total. The monoisotopic (exact) mass is 220 g/mol. The lowest BCUT2D eigenvalue weighted by atomic mass is 10.3. The zero-order chi connectivity index (χ0) is 11.6. The Bertz CT molecular complexity index is 122. The van der Waals surface area contributed by atoms with E-state index in [0.717, 1.165) is 0 Å². The summed E-state index contributed by atoms with van der Waals surface area (Å²) in [6.45, 7) is 10.7. The molecule has 0 aliphatic heterocycles. The Morgan fingerprint density at radius 1 is 0.733 bits per heavy atom. The average Bonchev–Trinajstić information content (AvgIpc) is 2.19. The van der Waals surface area contributed by atoms with E-state index in [-0.39, 0.29) is 0 Å². The molecule has 0 atom stereocenters. The van der Waals surface area contributed by atoms with E-state index in [1.54, 1.807) is 0 Å². The zero-order valence-corrected chi connectivity index (χ0v) is 10.4. The van der Waals surface area contributed by atoms with Crippen LogP contribution in [0.3, 0.4) is 0 Å². The van der Waals surface area contributed by atoms with E-state index in [1.165, 1.54) is 0 Å². The first kappa shape index (κ1) is 14.8. The van der Waals surface area contributed by atoms with Gasteiger partial charge in [0.15, 0.2) is 0 Å². The van der Waals surface area contributed by atoms with E-state index in [0.29, 0.717) is 39.5 Å². The summed E-state index contributed by atoms with van der Waals surface area (Å²) in [7, 11) is 0. The summed E-state index contributed by atoms with van der Waals surface area (Å²) in [5.41, 5.74) is 0. The Morgan fingerprint density at radius 3 is 1.53 bits per heavy atom. The van der Waals surface area contributed by atoms with Crippen LogP contribution in [0.4, 0.5) is 0 Å². The molecule has 4 heteroatoms. The van der Waals surface area contributed by atoms with Gasteiger partial charge in [0.25, 0.3) is 5.97 Å². The maximum Gasteiger partial charge on any atom is 0.285 e. The zero-order valence-electron chi connectivity index (χ0n) is 10.4. The second kappa shape index (κ2) is 9.09. The lowest BCUT2D eigenvalue weighted by molar-refractivity contribution is -0.381. The Kier molecular flexibility index (Phi) is 9.00. The molecule has 0 aromatic rings. The summed E-state index contributed by atoms with van der Waals surface area (Å²) in [4.78, 5) is 0. The third-order valence-electron chi connectivity index (χ3n) is 1.85. The van der Waals surface area contributed by atoms with Crippen LogP contribution in [0, 0.1) is 0 Å². The number of hydrogen-bond acceptors (Lipinski definition) is 4. The van der Waals surface area contributed by atoms with E-state index in [1.807, 2.05) is 27.7 Å². The molecule has 0 fully saturated rings. The molecular formula is C11H24O4. The second-order valence-corrected chi connectivity index (χ2v) is 2.93. The van der Waals surface area contributed by atoms with Crippen molar-refractivity contribution in [2.75, 3.05) is 33.0 Å². The fourth-order valence-corrected chi connectivity index (χ4v) is 1.34. The number of hydrogen-bond donors (Lipinski definition) is 0. The molecule has 15 heavy (non-hydrogen) atoms. The van der Waals surface area contributed by atoms with Crippen molar-refractivity contribution in [2.45, 2.75) is 40.1 Å². The molecule has 0 radical (unpaired) electrons. The van der Waals surface area contributed by atoms with Gasteiger partial charge in [-0.3, -0.25) is 0 Å². The van der Waals surface area contributed by atoms with Crippen molar-refractivity contribution < 1.29 is 18.9 Å². The minimum atomic E-state index is -0.923. The van der Waals surface area contributed by atoms with Crippen LogP contribution >= 0.6 is 0 Å². The van der Waals surface area contributed by atoms with Crippen LogP contribution in [0.25, 0.3) is 0 Å². The molecule has 0 N–H and O–H groups in total. The van der Waals surface area contributed by atoms with Gasteiger partial charge in [0.05, 0.1) is 13.0 Å². The Morgan fingerprint density at radius 2 is 1.20 bits per heavy atom. The second-order valence-electron chi connectivity index (χ2n) is 2.93. The molecule has 0 saturated heterocycles.